The molecule has 600 valence electrons. The number of aryl methyl sites for hydroxylation is 3. The standard InChI is InChI=1S/C29H36N4O5.C28H32Cl2N4O4.C28H33ClN4O4/c1-5-38-29(36)25-26(23-9-6-7-10-24(23)33(28(25)35)16-8-15-30(2)3)31-17-19-32(20-18-31)27(34)21-11-13-22(37-4)14-12-21;1-4-38-28(37)24-25(20-8-5-6-9-23(20)34(27(24)36)13-7-12-31(2)3)32-14-16-33(17-15-32)26(35)19-10-11-21(29)22(30)18-19;1-4-37-28(36)24-25(22-8-5-6-9-23(22)33(27(24)35)15-7-14-30(2)3)31-16-18-32(19-17-31)26(34)20-10-12-21(29)13-11-20/h6-7,9-14H,5,8,15-20H2,1-4H3;5-6,8-11,18H,4,7,12-17H2,1-3H3;5-6,8-13H,4,7,14-19H2,1-3H3. The summed E-state index contributed by atoms with van der Waals surface area (Å²) in [4.78, 5) is 138. The molecule has 25 nitrogen and oxygen atoms in total. The Morgan fingerprint density at radius 3 is 0.956 bits per heavy atom. The summed E-state index contributed by atoms with van der Waals surface area (Å²) in [6, 6.07) is 41.8. The first-order valence-electron chi connectivity index (χ1n) is 38.3. The molecule has 0 bridgehead atoms. The smallest absolute Gasteiger partial charge is 0.345 e. The Hall–Kier alpha value is -10.3. The molecule has 3 aliphatic rings. The number of rotatable bonds is 25. The van der Waals surface area contributed by atoms with Gasteiger partial charge in [-0.2, -0.15) is 0 Å². The van der Waals surface area contributed by atoms with Crippen LogP contribution >= 0.6 is 34.8 Å². The van der Waals surface area contributed by atoms with E-state index in [2.05, 4.69) is 14.7 Å². The summed E-state index contributed by atoms with van der Waals surface area (Å²) < 4.78 is 26.3. The molecule has 28 heteroatoms. The zero-order chi connectivity index (χ0) is 81.2. The third kappa shape index (κ3) is 20.4. The van der Waals surface area contributed by atoms with E-state index in [1.165, 1.54) is 0 Å². The fraction of sp³-hybridized carbons (Fsp3) is 0.400. The fourth-order valence-corrected chi connectivity index (χ4v) is 14.9. The maximum atomic E-state index is 13.8. The number of piperazine rings is 3. The van der Waals surface area contributed by atoms with Gasteiger partial charge >= 0.3 is 17.9 Å². The van der Waals surface area contributed by atoms with E-state index in [0.717, 1.165) is 71.6 Å². The van der Waals surface area contributed by atoms with Gasteiger partial charge in [-0.05, 0) is 187 Å². The first-order chi connectivity index (χ1) is 54.4. The number of hydrogen-bond acceptors (Lipinski definition) is 19. The van der Waals surface area contributed by atoms with Crippen molar-refractivity contribution in [3.8, 4) is 5.75 Å². The molecular weight excluding hydrogens is 1500 g/mol. The number of anilines is 3. The topological polar surface area (TPSA) is 234 Å². The maximum Gasteiger partial charge on any atom is 0.345 e. The Labute approximate surface area is 673 Å². The average Bonchev–Trinajstić information content (AvgIpc) is 0.757. The molecule has 0 spiro atoms. The number of esters is 3. The van der Waals surface area contributed by atoms with Gasteiger partial charge in [-0.15, -0.1) is 0 Å². The number of benzene rings is 6. The van der Waals surface area contributed by atoms with E-state index >= 15 is 0 Å². The Kier molecular flexibility index (Phi) is 30.1. The summed E-state index contributed by atoms with van der Waals surface area (Å²) in [6.45, 7) is 15.2. The van der Waals surface area contributed by atoms with Gasteiger partial charge in [0.1, 0.15) is 22.4 Å². The maximum absolute atomic E-state index is 13.8. The second-order valence-corrected chi connectivity index (χ2v) is 29.7. The van der Waals surface area contributed by atoms with Crippen LogP contribution in [-0.2, 0) is 33.8 Å². The van der Waals surface area contributed by atoms with Crippen molar-refractivity contribution < 1.29 is 47.7 Å². The largest absolute Gasteiger partial charge is 0.497 e. The van der Waals surface area contributed by atoms with Crippen molar-refractivity contribution in [3.05, 3.63) is 219 Å². The monoisotopic (exact) mass is 1600 g/mol. The van der Waals surface area contributed by atoms with Crippen molar-refractivity contribution in [2.45, 2.75) is 59.7 Å². The third-order valence-electron chi connectivity index (χ3n) is 20.1. The van der Waals surface area contributed by atoms with Crippen LogP contribution in [0.3, 0.4) is 0 Å². The Bertz CT molecular complexity index is 5070. The van der Waals surface area contributed by atoms with E-state index in [9.17, 15) is 43.2 Å². The predicted molar refractivity (Wildman–Crippen MR) is 447 cm³/mol. The van der Waals surface area contributed by atoms with Gasteiger partial charge < -0.3 is 76.7 Å². The lowest BCUT2D eigenvalue weighted by Crippen LogP contribution is -2.49. The van der Waals surface area contributed by atoms with Crippen LogP contribution < -0.4 is 36.1 Å². The molecule has 6 aromatic carbocycles. The number of methoxy groups -OCH3 is 1. The quantitative estimate of drug-likeness (QED) is 0.0382. The van der Waals surface area contributed by atoms with Crippen molar-refractivity contribution in [1.29, 1.82) is 0 Å². The average molecular weight is 1610 g/mol. The highest BCUT2D eigenvalue weighted by Gasteiger charge is 2.35. The van der Waals surface area contributed by atoms with E-state index in [4.69, 9.17) is 53.8 Å². The molecule has 3 aromatic heterocycles. The number of halogens is 3. The lowest BCUT2D eigenvalue weighted by molar-refractivity contribution is 0.0514. The Balaban J connectivity index is 0.000000180. The van der Waals surface area contributed by atoms with Gasteiger partial charge in [-0.3, -0.25) is 28.8 Å². The summed E-state index contributed by atoms with van der Waals surface area (Å²) in [5.74, 6) is -1.43. The summed E-state index contributed by atoms with van der Waals surface area (Å²) in [6.07, 6.45) is 2.29. The van der Waals surface area contributed by atoms with Crippen LogP contribution in [0.2, 0.25) is 15.1 Å². The van der Waals surface area contributed by atoms with Gasteiger partial charge in [-0.25, -0.2) is 14.4 Å². The SMILES string of the molecule is CCOC(=O)c1c(N2CCN(C(=O)c3ccc(Cl)c(Cl)c3)CC2)c2ccccc2n(CCCN(C)C)c1=O.CCOC(=O)c1c(N2CCN(C(=O)c3ccc(Cl)cc3)CC2)c2ccccc2n(CCCN(C)C)c1=O.CCOC(=O)c1c(N2CCN(C(=O)c3ccc(OC)cc3)CC2)c2ccccc2n(CCCN(C)C)c1=O. The molecule has 3 aliphatic heterocycles. The minimum absolute atomic E-state index is 0.0414. The van der Waals surface area contributed by atoms with Crippen molar-refractivity contribution in [2.24, 2.45) is 0 Å². The number of fused-ring (bicyclic) bond motifs is 3. The fourth-order valence-electron chi connectivity index (χ4n) is 14.5. The van der Waals surface area contributed by atoms with E-state index < -0.39 is 17.9 Å². The lowest BCUT2D eigenvalue weighted by Gasteiger charge is -2.37. The van der Waals surface area contributed by atoms with Crippen LogP contribution in [0.15, 0.2) is 154 Å². The molecule has 6 heterocycles. The van der Waals surface area contributed by atoms with Gasteiger partial charge in [0, 0.05) is 136 Å². The number of ether oxygens (including phenoxy) is 4. The number of carbonyl (C=O) groups excluding carboxylic acids is 6. The summed E-state index contributed by atoms with van der Waals surface area (Å²) in [7, 11) is 13.5. The summed E-state index contributed by atoms with van der Waals surface area (Å²) >= 11 is 18.1. The highest BCUT2D eigenvalue weighted by Crippen LogP contribution is 2.36. The van der Waals surface area contributed by atoms with E-state index in [-0.39, 0.29) is 70.9 Å². The molecule has 3 amide bonds. The number of nitrogens with zero attached hydrogens (tertiary/aromatic N) is 12. The molecule has 3 saturated heterocycles. The number of aromatic nitrogens is 3. The zero-order valence-electron chi connectivity index (χ0n) is 66.1. The van der Waals surface area contributed by atoms with Crippen molar-refractivity contribution >= 4 is 120 Å². The second kappa shape index (κ2) is 39.9. The summed E-state index contributed by atoms with van der Waals surface area (Å²) in [5.41, 5.74) is 4.84. The van der Waals surface area contributed by atoms with Crippen LogP contribution in [0.1, 0.15) is 102 Å². The van der Waals surface area contributed by atoms with Gasteiger partial charge in [-0.1, -0.05) is 89.4 Å². The molecule has 12 rings (SSSR count). The van der Waals surface area contributed by atoms with Crippen LogP contribution in [0.4, 0.5) is 17.1 Å². The Morgan fingerprint density at radius 2 is 0.664 bits per heavy atom. The molecule has 9 aromatic rings. The van der Waals surface area contributed by atoms with Crippen LogP contribution in [-0.4, -0.2) is 246 Å². The molecule has 0 unspecified atom stereocenters. The molecule has 0 aliphatic carbocycles. The molecule has 3 fully saturated rings. The van der Waals surface area contributed by atoms with Crippen LogP contribution in [0.5, 0.6) is 5.75 Å². The predicted octanol–water partition coefficient (Wildman–Crippen LogP) is 11.2. The van der Waals surface area contributed by atoms with Crippen LogP contribution in [0.25, 0.3) is 32.7 Å². The van der Waals surface area contributed by atoms with Gasteiger partial charge in [0.05, 0.1) is 70.6 Å². The third-order valence-corrected chi connectivity index (χ3v) is 21.1. The van der Waals surface area contributed by atoms with E-state index in [0.29, 0.717) is 153 Å². The highest BCUT2D eigenvalue weighted by atomic mass is 35.5. The Morgan fingerprint density at radius 1 is 0.372 bits per heavy atom. The summed E-state index contributed by atoms with van der Waals surface area (Å²) in [5, 5.41) is 3.76. The number of pyridine rings is 3. The number of para-hydroxylation sites is 3. The number of amides is 3. The minimum Gasteiger partial charge on any atom is -0.497 e. The zero-order valence-corrected chi connectivity index (χ0v) is 68.3. The molecular formula is C85H101Cl3N12O13. The van der Waals surface area contributed by atoms with E-state index in [1.807, 2.05) is 130 Å². The van der Waals surface area contributed by atoms with Crippen molar-refractivity contribution in [2.75, 3.05) is 182 Å². The van der Waals surface area contributed by atoms with Gasteiger partial charge in [0.25, 0.3) is 34.4 Å². The molecule has 0 radical (unpaired) electrons. The first-order valence-corrected chi connectivity index (χ1v) is 39.4. The molecule has 0 N–H and O–H groups in total. The van der Waals surface area contributed by atoms with E-state index in [1.54, 1.807) is 123 Å². The first kappa shape index (κ1) is 85.2. The van der Waals surface area contributed by atoms with Crippen molar-refractivity contribution in [1.82, 2.24) is 43.1 Å². The number of hydrogen-bond donors (Lipinski definition) is 0. The van der Waals surface area contributed by atoms with Crippen molar-refractivity contribution in [3.63, 3.8) is 0 Å². The van der Waals surface area contributed by atoms with Crippen LogP contribution in [0, 0.1) is 0 Å². The molecule has 0 saturated carbocycles. The molecule has 113 heavy (non-hydrogen) atoms. The van der Waals surface area contributed by atoms with Gasteiger partial charge in [0.2, 0.25) is 0 Å². The van der Waals surface area contributed by atoms with Gasteiger partial charge in [0.15, 0.2) is 0 Å². The minimum atomic E-state index is -0.631. The number of carbonyl (C=O) groups is 6. The second-order valence-electron chi connectivity index (χ2n) is 28.4. The lowest BCUT2D eigenvalue weighted by atomic mass is 10.1. The highest BCUT2D eigenvalue weighted by molar-refractivity contribution is 6.42. The molecule has 0 atom stereocenters. The normalized spacial score (nSPS) is 13.8.